The third-order valence-electron chi connectivity index (χ3n) is 3.50. The summed E-state index contributed by atoms with van der Waals surface area (Å²) in [6.07, 6.45) is 0.646. The van der Waals surface area contributed by atoms with Gasteiger partial charge in [-0.05, 0) is 23.4 Å². The molecule has 0 saturated carbocycles. The van der Waals surface area contributed by atoms with Gasteiger partial charge in [-0.15, -0.1) is 11.3 Å². The maximum absolute atomic E-state index is 12.5. The zero-order valence-electron chi connectivity index (χ0n) is 11.5. The van der Waals surface area contributed by atoms with Gasteiger partial charge in [0.1, 0.15) is 4.21 Å². The summed E-state index contributed by atoms with van der Waals surface area (Å²) in [7, 11) is -3.37. The first-order chi connectivity index (χ1) is 10.2. The van der Waals surface area contributed by atoms with Crippen LogP contribution in [0.3, 0.4) is 0 Å². The number of hydrogen-bond donors (Lipinski definition) is 0. The number of sulfonamides is 1. The van der Waals surface area contributed by atoms with Gasteiger partial charge >= 0.3 is 0 Å². The summed E-state index contributed by atoms with van der Waals surface area (Å²) in [6, 6.07) is 13.4. The lowest BCUT2D eigenvalue weighted by Crippen LogP contribution is -2.46. The molecule has 1 aromatic heterocycles. The zero-order chi connectivity index (χ0) is 14.7. The molecule has 1 unspecified atom stereocenters. The fourth-order valence-electron chi connectivity index (χ4n) is 2.45. The van der Waals surface area contributed by atoms with E-state index >= 15 is 0 Å². The van der Waals surface area contributed by atoms with Gasteiger partial charge in [-0.2, -0.15) is 4.31 Å². The molecule has 1 saturated heterocycles. The average Bonchev–Trinajstić information content (AvgIpc) is 3.04. The smallest absolute Gasteiger partial charge is 0.252 e. The van der Waals surface area contributed by atoms with E-state index in [1.165, 1.54) is 15.6 Å². The van der Waals surface area contributed by atoms with E-state index in [4.69, 9.17) is 4.74 Å². The first-order valence-electron chi connectivity index (χ1n) is 6.85. The number of thiophene rings is 1. The van der Waals surface area contributed by atoms with Gasteiger partial charge < -0.3 is 4.74 Å². The molecule has 1 aromatic carbocycles. The van der Waals surface area contributed by atoms with Crippen LogP contribution < -0.4 is 0 Å². The largest absolute Gasteiger partial charge is 0.375 e. The molecule has 4 nitrogen and oxygen atoms in total. The number of benzene rings is 1. The second-order valence-corrected chi connectivity index (χ2v) is 8.09. The normalized spacial score (nSPS) is 20.5. The highest BCUT2D eigenvalue weighted by atomic mass is 32.2. The van der Waals surface area contributed by atoms with Gasteiger partial charge in [0.05, 0.1) is 12.7 Å². The Bertz CT molecular complexity index is 668. The summed E-state index contributed by atoms with van der Waals surface area (Å²) in [5.74, 6) is 0. The number of hydrogen-bond acceptors (Lipinski definition) is 4. The summed E-state index contributed by atoms with van der Waals surface area (Å²) in [6.45, 7) is 1.28. The summed E-state index contributed by atoms with van der Waals surface area (Å²) >= 11 is 1.26. The van der Waals surface area contributed by atoms with Gasteiger partial charge in [-0.1, -0.05) is 36.4 Å². The van der Waals surface area contributed by atoms with Gasteiger partial charge in [-0.3, -0.25) is 0 Å². The Morgan fingerprint density at radius 1 is 1.19 bits per heavy atom. The van der Waals surface area contributed by atoms with Gasteiger partial charge in [0.25, 0.3) is 10.0 Å². The Morgan fingerprint density at radius 3 is 2.71 bits per heavy atom. The molecule has 1 atom stereocenters. The van der Waals surface area contributed by atoms with E-state index in [0.717, 1.165) is 12.0 Å². The highest BCUT2D eigenvalue weighted by Gasteiger charge is 2.31. The van der Waals surface area contributed by atoms with Crippen molar-refractivity contribution >= 4 is 21.4 Å². The molecular weight excluding hydrogens is 306 g/mol. The Kier molecular flexibility index (Phi) is 4.40. The summed E-state index contributed by atoms with van der Waals surface area (Å²) in [5, 5.41) is 1.79. The van der Waals surface area contributed by atoms with Crippen molar-refractivity contribution in [2.45, 2.75) is 16.7 Å². The lowest BCUT2D eigenvalue weighted by atomic mass is 10.1. The second kappa shape index (κ2) is 6.27. The monoisotopic (exact) mass is 323 g/mol. The summed E-state index contributed by atoms with van der Waals surface area (Å²) in [5.41, 5.74) is 1.16. The third kappa shape index (κ3) is 3.35. The van der Waals surface area contributed by atoms with Crippen LogP contribution in [0.5, 0.6) is 0 Å². The third-order valence-corrected chi connectivity index (χ3v) is 6.74. The molecule has 0 bridgehead atoms. The molecule has 6 heteroatoms. The van der Waals surface area contributed by atoms with Crippen LogP contribution in [0.4, 0.5) is 0 Å². The molecule has 0 amide bonds. The number of rotatable bonds is 4. The van der Waals surface area contributed by atoms with Crippen LogP contribution in [0, 0.1) is 0 Å². The number of morpholine rings is 1. The van der Waals surface area contributed by atoms with Crippen molar-refractivity contribution in [3.8, 4) is 0 Å². The number of nitrogens with zero attached hydrogens (tertiary/aromatic N) is 1. The standard InChI is InChI=1S/C15H17NO3S2/c17-21(18,15-7-4-10-20-15)16-8-9-19-14(12-16)11-13-5-2-1-3-6-13/h1-7,10,14H,8-9,11-12H2. The topological polar surface area (TPSA) is 46.6 Å². The van der Waals surface area contributed by atoms with Crippen molar-refractivity contribution in [1.29, 1.82) is 0 Å². The first-order valence-corrected chi connectivity index (χ1v) is 9.17. The molecule has 1 fully saturated rings. The molecule has 0 N–H and O–H groups in total. The van der Waals surface area contributed by atoms with Crippen molar-refractivity contribution in [3.05, 3.63) is 53.4 Å². The lowest BCUT2D eigenvalue weighted by molar-refractivity contribution is -0.000439. The maximum atomic E-state index is 12.5. The molecular formula is C15H17NO3S2. The summed E-state index contributed by atoms with van der Waals surface area (Å²) < 4.78 is 32.7. The van der Waals surface area contributed by atoms with E-state index in [2.05, 4.69) is 0 Å². The molecule has 21 heavy (non-hydrogen) atoms. The van der Waals surface area contributed by atoms with Crippen LogP contribution in [0.1, 0.15) is 5.56 Å². The Labute approximate surface area is 129 Å². The Balaban J connectivity index is 1.71. The Morgan fingerprint density at radius 2 is 2.00 bits per heavy atom. The molecule has 0 spiro atoms. The van der Waals surface area contributed by atoms with Crippen molar-refractivity contribution < 1.29 is 13.2 Å². The predicted molar refractivity (Wildman–Crippen MR) is 83.0 cm³/mol. The minimum absolute atomic E-state index is 0.0871. The molecule has 3 rings (SSSR count). The van der Waals surface area contributed by atoms with E-state index < -0.39 is 10.0 Å². The molecule has 0 aliphatic carbocycles. The van der Waals surface area contributed by atoms with Crippen LogP contribution in [0.25, 0.3) is 0 Å². The average molecular weight is 323 g/mol. The zero-order valence-corrected chi connectivity index (χ0v) is 13.1. The molecule has 112 valence electrons. The van der Waals surface area contributed by atoms with E-state index in [1.54, 1.807) is 17.5 Å². The van der Waals surface area contributed by atoms with Crippen molar-refractivity contribution in [3.63, 3.8) is 0 Å². The fraction of sp³-hybridized carbons (Fsp3) is 0.333. The minimum atomic E-state index is -3.37. The van der Waals surface area contributed by atoms with Crippen molar-refractivity contribution in [1.82, 2.24) is 4.31 Å². The SMILES string of the molecule is O=S(=O)(c1cccs1)N1CCOC(Cc2ccccc2)C1. The van der Waals surface area contributed by atoms with E-state index in [-0.39, 0.29) is 6.10 Å². The maximum Gasteiger partial charge on any atom is 0.252 e. The van der Waals surface area contributed by atoms with Gasteiger partial charge in [0.15, 0.2) is 0 Å². The Hall–Kier alpha value is -1.21. The molecule has 2 aromatic rings. The van der Waals surface area contributed by atoms with Gasteiger partial charge in [0.2, 0.25) is 0 Å². The lowest BCUT2D eigenvalue weighted by Gasteiger charge is -2.31. The van der Waals surface area contributed by atoms with Gasteiger partial charge in [-0.25, -0.2) is 8.42 Å². The highest BCUT2D eigenvalue weighted by Crippen LogP contribution is 2.23. The van der Waals surface area contributed by atoms with E-state index in [9.17, 15) is 8.42 Å². The minimum Gasteiger partial charge on any atom is -0.375 e. The van der Waals surface area contributed by atoms with Crippen LogP contribution in [0.15, 0.2) is 52.1 Å². The summed E-state index contributed by atoms with van der Waals surface area (Å²) in [4.78, 5) is 0. The van der Waals surface area contributed by atoms with Crippen LogP contribution in [-0.4, -0.2) is 38.5 Å². The number of ether oxygens (including phenoxy) is 1. The first kappa shape index (κ1) is 14.7. The van der Waals surface area contributed by atoms with Crippen LogP contribution in [-0.2, 0) is 21.2 Å². The molecule has 1 aliphatic heterocycles. The second-order valence-electron chi connectivity index (χ2n) is 4.98. The van der Waals surface area contributed by atoms with Crippen LogP contribution in [0.2, 0.25) is 0 Å². The molecule has 0 radical (unpaired) electrons. The van der Waals surface area contributed by atoms with E-state index in [0.29, 0.717) is 23.9 Å². The quantitative estimate of drug-likeness (QED) is 0.868. The predicted octanol–water partition coefficient (Wildman–Crippen LogP) is 2.38. The highest BCUT2D eigenvalue weighted by molar-refractivity contribution is 7.91. The van der Waals surface area contributed by atoms with Crippen molar-refractivity contribution in [2.75, 3.05) is 19.7 Å². The van der Waals surface area contributed by atoms with Crippen molar-refractivity contribution in [2.24, 2.45) is 0 Å². The molecule has 1 aliphatic rings. The molecule has 2 heterocycles. The van der Waals surface area contributed by atoms with Gasteiger partial charge in [0, 0.05) is 13.1 Å². The fourth-order valence-corrected chi connectivity index (χ4v) is 5.05. The van der Waals surface area contributed by atoms with E-state index in [1.807, 2.05) is 30.3 Å². The van der Waals surface area contributed by atoms with Crippen LogP contribution >= 0.6 is 11.3 Å².